The molecule has 73 heavy (non-hydrogen) atoms. The highest BCUT2D eigenvalue weighted by Gasteiger charge is 2.17. The van der Waals surface area contributed by atoms with Crippen LogP contribution in [-0.4, -0.2) is 99.3 Å². The predicted octanol–water partition coefficient (Wildman–Crippen LogP) is 5.48. The summed E-state index contributed by atoms with van der Waals surface area (Å²) in [6, 6.07) is 19.4. The number of hydrazine groups is 1. The molecule has 0 radical (unpaired) electrons. The van der Waals surface area contributed by atoms with Crippen LogP contribution in [0.25, 0.3) is 11.5 Å². The van der Waals surface area contributed by atoms with Gasteiger partial charge in [-0.1, -0.05) is 0 Å². The van der Waals surface area contributed by atoms with Gasteiger partial charge in [0.1, 0.15) is 34.9 Å². The molecule has 0 unspecified atom stereocenters. The number of carbonyl (C=O) groups is 3. The number of aryl methyl sites for hydroxylation is 2. The molecule has 5 aromatic heterocycles. The zero-order chi connectivity index (χ0) is 53.9. The number of hydrogen-bond donors (Lipinski definition) is 8. The fraction of sp³-hybridized carbons (Fsp3) is 0.178. The van der Waals surface area contributed by atoms with Crippen molar-refractivity contribution in [2.45, 2.75) is 27.1 Å². The number of amides is 3. The minimum atomic E-state index is -0.750. The van der Waals surface area contributed by atoms with E-state index in [1.165, 1.54) is 50.1 Å². The summed E-state index contributed by atoms with van der Waals surface area (Å²) in [6.45, 7) is 5.57. The van der Waals surface area contributed by atoms with Crippen LogP contribution >= 0.6 is 0 Å². The Kier molecular flexibility index (Phi) is 24.6. The highest BCUT2D eigenvalue weighted by molar-refractivity contribution is 7.52. The number of nitrogens with one attached hydrogen (secondary N) is 7. The Labute approximate surface area is 422 Å². The minimum absolute atomic E-state index is 0.0648. The quantitative estimate of drug-likeness (QED) is 0.0289. The highest BCUT2D eigenvalue weighted by Crippen LogP contribution is 2.30. The van der Waals surface area contributed by atoms with E-state index < -0.39 is 40.7 Å². The summed E-state index contributed by atoms with van der Waals surface area (Å²) < 4.78 is 73.9. The average molecular weight is 1050 g/mol. The third-order valence-corrected chi connectivity index (χ3v) is 9.37. The Hall–Kier alpha value is -8.83. The largest absolute Gasteiger partial charge is 0.423 e. The summed E-state index contributed by atoms with van der Waals surface area (Å²) in [5.74, 6) is 5.35. The van der Waals surface area contributed by atoms with Crippen molar-refractivity contribution in [3.8, 4) is 11.5 Å². The topological polar surface area (TPSA) is 339 Å². The van der Waals surface area contributed by atoms with E-state index >= 15 is 0 Å². The van der Waals surface area contributed by atoms with Crippen LogP contribution in [0.4, 0.5) is 54.8 Å². The Balaban J connectivity index is 0.000000316. The SMILES string of the molecule is CNC(=O)c1cnc(Nc2ccc(F)cn2)cc1Nc1ccc(-c2nnco2)cc1C.CNC(=O)c1cnc(Nc2ccc(F)cn2)cc1Nc1ccc(C(=O)NN)cc1C.COC(C)OC.O=S=O.O=S=O. The van der Waals surface area contributed by atoms with Crippen molar-refractivity contribution < 1.29 is 53.9 Å². The molecule has 0 saturated carbocycles. The molecule has 0 bridgehead atoms. The lowest BCUT2D eigenvalue weighted by Crippen LogP contribution is -2.30. The maximum atomic E-state index is 13.1. The van der Waals surface area contributed by atoms with E-state index in [-0.39, 0.29) is 18.1 Å². The van der Waals surface area contributed by atoms with Crippen molar-refractivity contribution in [3.05, 3.63) is 143 Å². The van der Waals surface area contributed by atoms with Crippen molar-refractivity contribution >= 4 is 86.9 Å². The highest BCUT2D eigenvalue weighted by atomic mass is 32.1. The molecule has 28 heteroatoms. The van der Waals surface area contributed by atoms with Gasteiger partial charge in [0.15, 0.2) is 6.29 Å². The first-order valence-electron chi connectivity index (χ1n) is 20.7. The fourth-order valence-corrected chi connectivity index (χ4v) is 5.70. The first-order chi connectivity index (χ1) is 35.1. The summed E-state index contributed by atoms with van der Waals surface area (Å²) in [5, 5.41) is 25.2. The molecule has 0 aliphatic carbocycles. The number of benzene rings is 2. The van der Waals surface area contributed by atoms with Crippen LogP contribution < -0.4 is 43.2 Å². The summed E-state index contributed by atoms with van der Waals surface area (Å²) >= 11 is -1.50. The second-order valence-electron chi connectivity index (χ2n) is 14.1. The van der Waals surface area contributed by atoms with Crippen molar-refractivity contribution in [3.63, 3.8) is 0 Å². The van der Waals surface area contributed by atoms with Gasteiger partial charge in [-0.25, -0.2) is 34.6 Å². The van der Waals surface area contributed by atoms with E-state index in [0.29, 0.717) is 62.9 Å². The number of carbonyl (C=O) groups excluding carboxylic acids is 3. The Morgan fingerprint density at radius 3 is 1.41 bits per heavy atom. The van der Waals surface area contributed by atoms with E-state index in [9.17, 15) is 23.2 Å². The molecular weight excluding hydrogens is 999 g/mol. The molecule has 0 fully saturated rings. The van der Waals surface area contributed by atoms with Gasteiger partial charge in [0.2, 0.25) is 12.3 Å². The molecule has 0 aliphatic heterocycles. The number of aromatic nitrogens is 6. The van der Waals surface area contributed by atoms with Crippen LogP contribution in [0.3, 0.4) is 0 Å². The summed E-state index contributed by atoms with van der Waals surface area (Å²) in [4.78, 5) is 52.7. The van der Waals surface area contributed by atoms with Gasteiger partial charge in [-0.3, -0.25) is 19.8 Å². The lowest BCUT2D eigenvalue weighted by atomic mass is 10.1. The first kappa shape index (κ1) is 58.5. The molecular formula is C45H48F2N14O10S2. The van der Waals surface area contributed by atoms with Gasteiger partial charge in [-0.05, 0) is 92.6 Å². The van der Waals surface area contributed by atoms with E-state index in [1.54, 1.807) is 51.6 Å². The lowest BCUT2D eigenvalue weighted by Gasteiger charge is -2.15. The van der Waals surface area contributed by atoms with Gasteiger partial charge < -0.3 is 45.8 Å². The number of hydrogen-bond acceptors (Lipinski definition) is 21. The molecule has 7 aromatic rings. The monoisotopic (exact) mass is 1050 g/mol. The number of nitrogen functional groups attached to an aromatic ring is 1. The molecule has 0 spiro atoms. The molecule has 2 aromatic carbocycles. The molecule has 0 saturated heterocycles. The molecule has 3 amide bonds. The number of ether oxygens (including phenoxy) is 2. The zero-order valence-electron chi connectivity index (χ0n) is 39.8. The van der Waals surface area contributed by atoms with Gasteiger partial charge >= 0.3 is 23.1 Å². The predicted molar refractivity (Wildman–Crippen MR) is 265 cm³/mol. The Morgan fingerprint density at radius 1 is 0.603 bits per heavy atom. The Morgan fingerprint density at radius 2 is 1.05 bits per heavy atom. The number of rotatable bonds is 14. The maximum Gasteiger partial charge on any atom is 0.335 e. The molecule has 24 nitrogen and oxygen atoms in total. The van der Waals surface area contributed by atoms with Gasteiger partial charge in [-0.2, -0.15) is 16.8 Å². The number of pyridine rings is 4. The van der Waals surface area contributed by atoms with Crippen LogP contribution in [0, 0.1) is 25.5 Å². The zero-order valence-corrected chi connectivity index (χ0v) is 41.4. The fourth-order valence-electron chi connectivity index (χ4n) is 5.70. The van der Waals surface area contributed by atoms with E-state index in [1.807, 2.05) is 39.0 Å². The van der Waals surface area contributed by atoms with Crippen LogP contribution in [0.5, 0.6) is 0 Å². The smallest absolute Gasteiger partial charge is 0.335 e. The number of nitrogens with two attached hydrogens (primary N) is 1. The second kappa shape index (κ2) is 30.7. The van der Waals surface area contributed by atoms with Gasteiger partial charge in [0.05, 0.1) is 34.9 Å². The third-order valence-electron chi connectivity index (χ3n) is 9.37. The summed E-state index contributed by atoms with van der Waals surface area (Å²) in [5.41, 5.74) is 8.12. The lowest BCUT2D eigenvalue weighted by molar-refractivity contribution is -0.0877. The maximum absolute atomic E-state index is 13.1. The number of halogens is 2. The number of anilines is 8. The minimum Gasteiger partial charge on any atom is -0.423 e. The van der Waals surface area contributed by atoms with E-state index in [2.05, 4.69) is 76.9 Å². The van der Waals surface area contributed by atoms with Gasteiger partial charge in [0, 0.05) is 75.3 Å². The van der Waals surface area contributed by atoms with Crippen molar-refractivity contribution in [1.29, 1.82) is 0 Å². The van der Waals surface area contributed by atoms with Crippen molar-refractivity contribution in [1.82, 2.24) is 46.2 Å². The molecule has 0 atom stereocenters. The first-order valence-corrected chi connectivity index (χ1v) is 22.0. The molecule has 384 valence electrons. The normalized spacial score (nSPS) is 9.85. The number of methoxy groups -OCH3 is 2. The molecule has 7 rings (SSSR count). The van der Waals surface area contributed by atoms with Crippen molar-refractivity contribution in [2.75, 3.05) is 49.6 Å². The third kappa shape index (κ3) is 18.8. The molecule has 9 N–H and O–H groups in total. The van der Waals surface area contributed by atoms with E-state index in [4.69, 9.17) is 27.1 Å². The summed E-state index contributed by atoms with van der Waals surface area (Å²) in [6.07, 6.45) is 6.27. The number of nitrogens with zero attached hydrogens (tertiary/aromatic N) is 6. The van der Waals surface area contributed by atoms with Crippen LogP contribution in [0.2, 0.25) is 0 Å². The molecule has 0 aliphatic rings. The van der Waals surface area contributed by atoms with Gasteiger partial charge in [0.25, 0.3) is 17.7 Å². The van der Waals surface area contributed by atoms with Crippen LogP contribution in [0.15, 0.2) is 108 Å². The second-order valence-corrected chi connectivity index (χ2v) is 14.3. The summed E-state index contributed by atoms with van der Waals surface area (Å²) in [7, 11) is 6.28. The van der Waals surface area contributed by atoms with Crippen LogP contribution in [0.1, 0.15) is 49.1 Å². The standard InChI is InChI=1S/C21H18FN7O2.C20H20FN7O2.C4H10O2.2O2S/c1-12-7-13(21-29-26-11-31-21)3-5-16(12)27-17-8-19(25-10-15(17)20(30)23-2)28-18-6-4-14(22)9-24-18;1-11-7-12(19(29)28-22)3-5-15(11)26-16-8-18(25-10-14(16)20(30)23-2)27-17-6-4-13(21)9-24-17;1-4(5-2)6-3;2*1-3-2/h3-11H,1-2H3,(H,23,30)(H2,24,25,27,28);3-10H,22H2,1-2H3,(H,23,30)(H,28,29)(H2,24,25,26,27);4H,1-3H3;;. The van der Waals surface area contributed by atoms with E-state index in [0.717, 1.165) is 34.8 Å². The average Bonchev–Trinajstić information content (AvgIpc) is 3.95. The van der Waals surface area contributed by atoms with Crippen molar-refractivity contribution in [2.24, 2.45) is 5.84 Å². The molecule has 5 heterocycles. The van der Waals surface area contributed by atoms with Crippen LogP contribution in [-0.2, 0) is 32.6 Å². The van der Waals surface area contributed by atoms with Gasteiger partial charge in [-0.15, -0.1) is 10.2 Å². The Bertz CT molecular complexity index is 2970.